The topological polar surface area (TPSA) is 93.2 Å². The molecule has 1 fully saturated rings. The number of aryl methyl sites for hydroxylation is 1. The van der Waals surface area contributed by atoms with Crippen molar-refractivity contribution in [3.8, 4) is 0 Å². The van der Waals surface area contributed by atoms with E-state index in [4.69, 9.17) is 7.15 Å². The smallest absolute Gasteiger partial charge is 0.269 e. The lowest BCUT2D eigenvalue weighted by Gasteiger charge is -2.17. The third kappa shape index (κ3) is 4.44. The molecule has 0 radical (unpaired) electrons. The van der Waals surface area contributed by atoms with E-state index in [1.807, 2.05) is 18.2 Å². The lowest BCUT2D eigenvalue weighted by Crippen LogP contribution is -2.17. The number of benzene rings is 3. The van der Waals surface area contributed by atoms with Gasteiger partial charge in [-0.1, -0.05) is 48.0 Å². The zero-order valence-electron chi connectivity index (χ0n) is 17.9. The van der Waals surface area contributed by atoms with Crippen LogP contribution in [0.5, 0.6) is 0 Å². The van der Waals surface area contributed by atoms with Crippen molar-refractivity contribution in [2.24, 2.45) is 0 Å². The zero-order valence-corrected chi connectivity index (χ0v) is 16.9. The van der Waals surface area contributed by atoms with Gasteiger partial charge in [-0.05, 0) is 48.6 Å². The molecule has 0 saturated carbocycles. The van der Waals surface area contributed by atoms with Gasteiger partial charge in [-0.25, -0.2) is 0 Å². The van der Waals surface area contributed by atoms with Gasteiger partial charge in [0.15, 0.2) is 0 Å². The Bertz CT molecular complexity index is 1070. The van der Waals surface area contributed by atoms with Crippen LogP contribution >= 0.6 is 0 Å². The second-order valence-corrected chi connectivity index (χ2v) is 7.79. The number of rotatable bonds is 6. The van der Waals surface area contributed by atoms with Crippen LogP contribution in [0.2, 0.25) is 1.41 Å². The molecule has 6 heteroatoms. The Labute approximate surface area is 177 Å². The van der Waals surface area contributed by atoms with Gasteiger partial charge in [0.05, 0.1) is 16.3 Å². The highest BCUT2D eigenvalue weighted by molar-refractivity contribution is 5.67. The van der Waals surface area contributed by atoms with Gasteiger partial charge in [0.2, 0.25) is 0 Å². The molecule has 4 N–H and O–H groups in total. The van der Waals surface area contributed by atoms with Crippen LogP contribution in [0.3, 0.4) is 0 Å². The zero-order chi connectivity index (χ0) is 22.0. The van der Waals surface area contributed by atoms with Crippen LogP contribution in [0.25, 0.3) is 0 Å². The third-order valence-electron chi connectivity index (χ3n) is 5.63. The van der Waals surface area contributed by atoms with Crippen molar-refractivity contribution in [3.05, 3.63) is 99.1 Å². The van der Waals surface area contributed by atoms with E-state index in [1.165, 1.54) is 23.3 Å². The molecule has 2 unspecified atom stereocenters. The molecule has 0 aromatic heterocycles. The van der Waals surface area contributed by atoms with Crippen molar-refractivity contribution >= 4 is 17.1 Å². The van der Waals surface area contributed by atoms with Gasteiger partial charge in [-0.15, -0.1) is 0 Å². The number of nitro benzene ring substituents is 1. The minimum absolute atomic E-state index is 0.0614. The fourth-order valence-corrected chi connectivity index (χ4v) is 3.86. The largest absolute Gasteiger partial charge is 0.397 e. The van der Waals surface area contributed by atoms with Gasteiger partial charge in [0.25, 0.3) is 5.69 Å². The SMILES string of the molecule is [2H]N1C(c2ccc([N+](=O)[O-])cc2)CCC1c1ccc(NCc2ccc(C)cc2)c(N)c1. The summed E-state index contributed by atoms with van der Waals surface area (Å²) >= 11 is 0. The summed E-state index contributed by atoms with van der Waals surface area (Å²) in [6.07, 6.45) is 1.65. The molecule has 0 aliphatic carbocycles. The second-order valence-electron chi connectivity index (χ2n) is 7.79. The molecule has 4 rings (SSSR count). The van der Waals surface area contributed by atoms with Crippen LogP contribution in [0.4, 0.5) is 17.1 Å². The van der Waals surface area contributed by atoms with Gasteiger partial charge in [-0.2, -0.15) is 0 Å². The highest BCUT2D eigenvalue weighted by atomic mass is 16.6. The van der Waals surface area contributed by atoms with Crippen LogP contribution in [0.15, 0.2) is 66.7 Å². The number of anilines is 2. The van der Waals surface area contributed by atoms with Crippen molar-refractivity contribution in [1.29, 1.82) is 0 Å². The molecule has 3 aromatic rings. The first-order valence-electron chi connectivity index (χ1n) is 10.6. The number of nitrogens with one attached hydrogen (secondary N) is 2. The van der Waals surface area contributed by atoms with Crippen LogP contribution in [0.1, 0.15) is 47.2 Å². The summed E-state index contributed by atoms with van der Waals surface area (Å²) in [5.74, 6) is 0. The van der Waals surface area contributed by atoms with E-state index in [0.29, 0.717) is 12.2 Å². The molecule has 1 saturated heterocycles. The van der Waals surface area contributed by atoms with Gasteiger partial charge in [-0.3, -0.25) is 10.1 Å². The number of nitrogens with zero attached hydrogens (tertiary/aromatic N) is 1. The average Bonchev–Trinajstić information content (AvgIpc) is 3.15. The lowest BCUT2D eigenvalue weighted by molar-refractivity contribution is -0.384. The number of nitrogen functional groups attached to an aromatic ring is 1. The first-order chi connectivity index (χ1) is 14.9. The Morgan fingerprint density at radius 2 is 1.70 bits per heavy atom. The summed E-state index contributed by atoms with van der Waals surface area (Å²) in [6.45, 7) is 2.76. The van der Waals surface area contributed by atoms with Gasteiger partial charge >= 0.3 is 0 Å². The molecule has 6 nitrogen and oxygen atoms in total. The fraction of sp³-hybridized carbons (Fsp3) is 0.250. The fourth-order valence-electron chi connectivity index (χ4n) is 3.86. The van der Waals surface area contributed by atoms with Crippen LogP contribution < -0.4 is 16.4 Å². The van der Waals surface area contributed by atoms with Crippen molar-refractivity contribution in [3.63, 3.8) is 0 Å². The molecule has 1 aliphatic rings. The predicted octanol–water partition coefficient (Wildman–Crippen LogP) is 5.26. The van der Waals surface area contributed by atoms with E-state index in [9.17, 15) is 10.1 Å². The standard InChI is InChI=1S/C24H26N4O2/c1-16-2-4-17(5-3-16)15-26-24-11-8-19(14-21(24)25)23-13-12-22(27-23)18-6-9-20(10-7-18)28(29)30/h2-11,14,22-23,26-27H,12-13,15,25H2,1H3/i/hD. The number of nitro groups is 1. The summed E-state index contributed by atoms with van der Waals surface area (Å²) in [6, 6.07) is 20.7. The molecule has 0 bridgehead atoms. The van der Waals surface area contributed by atoms with Gasteiger partial charge in [0.1, 0.15) is 1.41 Å². The minimum Gasteiger partial charge on any atom is -0.397 e. The Hall–Kier alpha value is -3.38. The predicted molar refractivity (Wildman–Crippen MR) is 120 cm³/mol. The van der Waals surface area contributed by atoms with Gasteiger partial charge in [0, 0.05) is 30.8 Å². The second kappa shape index (κ2) is 8.55. The molecule has 0 spiro atoms. The Morgan fingerprint density at radius 1 is 1.07 bits per heavy atom. The molecular formula is C24H26N4O2. The van der Waals surface area contributed by atoms with E-state index in [0.717, 1.165) is 29.7 Å². The third-order valence-corrected chi connectivity index (χ3v) is 5.63. The quantitative estimate of drug-likeness (QED) is 0.296. The minimum atomic E-state index is -0.406. The average molecular weight is 404 g/mol. The molecular weight excluding hydrogens is 376 g/mol. The summed E-state index contributed by atoms with van der Waals surface area (Å²) in [5, 5.41) is 15.9. The number of hydrogen-bond acceptors (Lipinski definition) is 5. The molecule has 30 heavy (non-hydrogen) atoms. The van der Waals surface area contributed by atoms with Gasteiger partial charge < -0.3 is 16.4 Å². The van der Waals surface area contributed by atoms with Crippen molar-refractivity contribution in [2.45, 2.75) is 38.4 Å². The van der Waals surface area contributed by atoms with E-state index < -0.39 is 4.92 Å². The van der Waals surface area contributed by atoms with Crippen molar-refractivity contribution < 1.29 is 6.34 Å². The molecule has 154 valence electrons. The summed E-state index contributed by atoms with van der Waals surface area (Å²) in [4.78, 5) is 10.5. The first-order valence-corrected chi connectivity index (χ1v) is 10.1. The van der Waals surface area contributed by atoms with Crippen LogP contribution in [-0.2, 0) is 6.54 Å². The van der Waals surface area contributed by atoms with E-state index in [2.05, 4.69) is 36.5 Å². The monoisotopic (exact) mass is 403 g/mol. The summed E-state index contributed by atoms with van der Waals surface area (Å²) in [7, 11) is 0. The maximum absolute atomic E-state index is 10.9. The number of non-ortho nitro benzene ring substituents is 1. The highest BCUT2D eigenvalue weighted by Gasteiger charge is 2.26. The van der Waals surface area contributed by atoms with E-state index in [-0.39, 0.29) is 17.8 Å². The van der Waals surface area contributed by atoms with Crippen molar-refractivity contribution in [1.82, 2.24) is 5.31 Å². The van der Waals surface area contributed by atoms with E-state index >= 15 is 0 Å². The lowest BCUT2D eigenvalue weighted by atomic mass is 10.0. The maximum Gasteiger partial charge on any atom is 0.269 e. The summed E-state index contributed by atoms with van der Waals surface area (Å²) < 4.78 is 8.64. The van der Waals surface area contributed by atoms with Crippen LogP contribution in [0, 0.1) is 17.0 Å². The Kier molecular flexibility index (Phi) is 5.31. The molecule has 0 amide bonds. The molecule has 3 aromatic carbocycles. The van der Waals surface area contributed by atoms with Crippen molar-refractivity contribution in [2.75, 3.05) is 11.1 Å². The molecule has 2 atom stereocenters. The summed E-state index contributed by atoms with van der Waals surface area (Å²) in [5.41, 5.74) is 12.3. The number of nitrogens with two attached hydrogens (primary N) is 1. The molecule has 1 heterocycles. The maximum atomic E-state index is 10.9. The Morgan fingerprint density at radius 3 is 2.33 bits per heavy atom. The van der Waals surface area contributed by atoms with E-state index in [1.54, 1.807) is 17.4 Å². The van der Waals surface area contributed by atoms with Crippen LogP contribution in [-0.4, -0.2) is 4.92 Å². The highest BCUT2D eigenvalue weighted by Crippen LogP contribution is 2.36. The number of hydrogen-bond donors (Lipinski definition) is 3. The molecule has 1 aliphatic heterocycles. The first kappa shape index (κ1) is 18.6. The Balaban J connectivity index is 1.44. The normalized spacial score (nSPS) is 19.4.